The maximum absolute atomic E-state index is 12.5. The standard InChI is InChI=1S/C19H18N2O2/c1-13-8-6-7-11-16(13)19(18(22)23,15-9-4-3-5-10-15)17-20-12-14(2)21-17/h3-12H,1-2H3,(H,20,21)(H,22,23). The van der Waals surface area contributed by atoms with Crippen molar-refractivity contribution in [2.24, 2.45) is 0 Å². The van der Waals surface area contributed by atoms with Gasteiger partial charge >= 0.3 is 5.97 Å². The van der Waals surface area contributed by atoms with Gasteiger partial charge in [-0.05, 0) is 30.5 Å². The van der Waals surface area contributed by atoms with Crippen LogP contribution in [0, 0.1) is 13.8 Å². The van der Waals surface area contributed by atoms with E-state index in [0.29, 0.717) is 17.0 Å². The summed E-state index contributed by atoms with van der Waals surface area (Å²) in [6.45, 7) is 3.79. The predicted octanol–water partition coefficient (Wildman–Crippen LogP) is 3.45. The van der Waals surface area contributed by atoms with E-state index in [1.807, 2.05) is 68.4 Å². The molecular weight excluding hydrogens is 288 g/mol. The van der Waals surface area contributed by atoms with Gasteiger partial charge in [-0.3, -0.25) is 4.79 Å². The van der Waals surface area contributed by atoms with Crippen LogP contribution in [0.15, 0.2) is 60.8 Å². The Morgan fingerprint density at radius 2 is 1.70 bits per heavy atom. The summed E-state index contributed by atoms with van der Waals surface area (Å²) in [5.74, 6) is -0.532. The first-order chi connectivity index (χ1) is 11.1. The van der Waals surface area contributed by atoms with Crippen LogP contribution in [0.4, 0.5) is 0 Å². The van der Waals surface area contributed by atoms with Crippen LogP contribution >= 0.6 is 0 Å². The molecule has 1 heterocycles. The molecule has 0 aliphatic rings. The zero-order valence-electron chi connectivity index (χ0n) is 13.1. The molecule has 4 nitrogen and oxygen atoms in total. The summed E-state index contributed by atoms with van der Waals surface area (Å²) in [6.07, 6.45) is 1.66. The van der Waals surface area contributed by atoms with Crippen LogP contribution in [0.3, 0.4) is 0 Å². The van der Waals surface area contributed by atoms with E-state index in [4.69, 9.17) is 0 Å². The van der Waals surface area contributed by atoms with E-state index in [0.717, 1.165) is 11.3 Å². The molecule has 0 amide bonds. The minimum atomic E-state index is -1.36. The van der Waals surface area contributed by atoms with Crippen molar-refractivity contribution in [3.8, 4) is 0 Å². The van der Waals surface area contributed by atoms with Gasteiger partial charge < -0.3 is 10.1 Å². The quantitative estimate of drug-likeness (QED) is 0.776. The largest absolute Gasteiger partial charge is 0.480 e. The number of nitrogens with zero attached hydrogens (tertiary/aromatic N) is 1. The van der Waals surface area contributed by atoms with Crippen LogP contribution in [0.1, 0.15) is 28.2 Å². The van der Waals surface area contributed by atoms with Crippen LogP contribution in [-0.4, -0.2) is 21.0 Å². The first-order valence-electron chi connectivity index (χ1n) is 7.44. The predicted molar refractivity (Wildman–Crippen MR) is 88.5 cm³/mol. The average molecular weight is 306 g/mol. The first kappa shape index (κ1) is 15.0. The van der Waals surface area contributed by atoms with Crippen molar-refractivity contribution in [2.75, 3.05) is 0 Å². The molecule has 1 unspecified atom stereocenters. The van der Waals surface area contributed by atoms with Crippen molar-refractivity contribution >= 4 is 5.97 Å². The summed E-state index contributed by atoms with van der Waals surface area (Å²) in [7, 11) is 0. The lowest BCUT2D eigenvalue weighted by Crippen LogP contribution is -2.40. The molecule has 1 aromatic heterocycles. The Morgan fingerprint density at radius 3 is 2.26 bits per heavy atom. The normalized spacial score (nSPS) is 13.5. The second-order valence-corrected chi connectivity index (χ2v) is 5.65. The number of hydrogen-bond donors (Lipinski definition) is 2. The Balaban J connectivity index is 2.41. The van der Waals surface area contributed by atoms with Crippen molar-refractivity contribution in [2.45, 2.75) is 19.3 Å². The van der Waals surface area contributed by atoms with Crippen molar-refractivity contribution in [3.05, 3.63) is 89.0 Å². The second-order valence-electron chi connectivity index (χ2n) is 5.65. The number of aliphatic carboxylic acids is 1. The Morgan fingerprint density at radius 1 is 1.04 bits per heavy atom. The van der Waals surface area contributed by atoms with Gasteiger partial charge in [0.05, 0.1) is 0 Å². The minimum Gasteiger partial charge on any atom is -0.480 e. The average Bonchev–Trinajstić information content (AvgIpc) is 2.97. The van der Waals surface area contributed by atoms with E-state index >= 15 is 0 Å². The van der Waals surface area contributed by atoms with Crippen molar-refractivity contribution < 1.29 is 9.90 Å². The summed E-state index contributed by atoms with van der Waals surface area (Å²) in [6, 6.07) is 16.8. The number of nitrogens with one attached hydrogen (secondary N) is 1. The van der Waals surface area contributed by atoms with Gasteiger partial charge in [0.25, 0.3) is 0 Å². The Labute approximate surface area is 134 Å². The molecule has 0 aliphatic carbocycles. The van der Waals surface area contributed by atoms with Gasteiger partial charge in [-0.15, -0.1) is 0 Å². The molecular formula is C19H18N2O2. The number of aromatic nitrogens is 2. The highest BCUT2D eigenvalue weighted by atomic mass is 16.4. The fraction of sp³-hybridized carbons (Fsp3) is 0.158. The molecule has 3 rings (SSSR count). The van der Waals surface area contributed by atoms with Crippen LogP contribution in [0.2, 0.25) is 0 Å². The molecule has 2 aromatic carbocycles. The van der Waals surface area contributed by atoms with Crippen molar-refractivity contribution in [3.63, 3.8) is 0 Å². The lowest BCUT2D eigenvalue weighted by atomic mass is 9.72. The van der Waals surface area contributed by atoms with Gasteiger partial charge in [-0.25, -0.2) is 4.98 Å². The lowest BCUT2D eigenvalue weighted by Gasteiger charge is -2.30. The first-order valence-corrected chi connectivity index (χ1v) is 7.44. The highest BCUT2D eigenvalue weighted by molar-refractivity contribution is 5.90. The molecule has 116 valence electrons. The molecule has 0 aliphatic heterocycles. The van der Waals surface area contributed by atoms with E-state index in [9.17, 15) is 9.90 Å². The summed E-state index contributed by atoms with van der Waals surface area (Å²) in [5.41, 5.74) is 1.77. The SMILES string of the molecule is Cc1cnc(C(C(=O)O)(c2ccccc2)c2ccccc2C)[nH]1. The molecule has 23 heavy (non-hydrogen) atoms. The van der Waals surface area contributed by atoms with Crippen LogP contribution < -0.4 is 0 Å². The summed E-state index contributed by atoms with van der Waals surface area (Å²) in [4.78, 5) is 20.0. The Hall–Kier alpha value is -2.88. The van der Waals surface area contributed by atoms with Crippen LogP contribution in [0.25, 0.3) is 0 Å². The molecule has 2 N–H and O–H groups in total. The molecule has 3 aromatic rings. The molecule has 0 saturated heterocycles. The zero-order chi connectivity index (χ0) is 16.4. The smallest absolute Gasteiger partial charge is 0.326 e. The molecule has 1 atom stereocenters. The van der Waals surface area contributed by atoms with Crippen molar-refractivity contribution in [1.82, 2.24) is 9.97 Å². The van der Waals surface area contributed by atoms with E-state index in [2.05, 4.69) is 9.97 Å². The van der Waals surface area contributed by atoms with Gasteiger partial charge in [0, 0.05) is 11.9 Å². The fourth-order valence-corrected chi connectivity index (χ4v) is 3.04. The number of H-pyrrole nitrogens is 1. The number of imidazole rings is 1. The van der Waals surface area contributed by atoms with Gasteiger partial charge in [0.1, 0.15) is 5.82 Å². The molecule has 4 heteroatoms. The molecule has 0 saturated carbocycles. The number of aromatic amines is 1. The van der Waals surface area contributed by atoms with Gasteiger partial charge in [0.2, 0.25) is 0 Å². The van der Waals surface area contributed by atoms with Crippen LogP contribution in [-0.2, 0) is 10.2 Å². The lowest BCUT2D eigenvalue weighted by molar-refractivity contribution is -0.140. The number of hydrogen-bond acceptors (Lipinski definition) is 2. The maximum atomic E-state index is 12.5. The van der Waals surface area contributed by atoms with E-state index in [1.165, 1.54) is 0 Å². The van der Waals surface area contributed by atoms with Gasteiger partial charge in [0.15, 0.2) is 5.41 Å². The number of carboxylic acids is 1. The third-order valence-electron chi connectivity index (χ3n) is 4.13. The summed E-state index contributed by atoms with van der Waals surface area (Å²) in [5, 5.41) is 10.3. The van der Waals surface area contributed by atoms with E-state index < -0.39 is 11.4 Å². The highest BCUT2D eigenvalue weighted by Crippen LogP contribution is 2.39. The molecule has 0 radical (unpaired) electrons. The molecule has 0 spiro atoms. The minimum absolute atomic E-state index is 0.419. The summed E-state index contributed by atoms with van der Waals surface area (Å²) >= 11 is 0. The van der Waals surface area contributed by atoms with E-state index in [1.54, 1.807) is 6.20 Å². The fourth-order valence-electron chi connectivity index (χ4n) is 3.04. The highest BCUT2D eigenvalue weighted by Gasteiger charge is 2.47. The molecule has 0 bridgehead atoms. The Kier molecular flexibility index (Phi) is 3.74. The van der Waals surface area contributed by atoms with E-state index in [-0.39, 0.29) is 0 Å². The van der Waals surface area contributed by atoms with Gasteiger partial charge in [-0.2, -0.15) is 0 Å². The second kappa shape index (κ2) is 5.72. The monoisotopic (exact) mass is 306 g/mol. The van der Waals surface area contributed by atoms with Crippen molar-refractivity contribution in [1.29, 1.82) is 0 Å². The number of benzene rings is 2. The number of rotatable bonds is 4. The third-order valence-corrected chi connectivity index (χ3v) is 4.13. The topological polar surface area (TPSA) is 66.0 Å². The number of aryl methyl sites for hydroxylation is 2. The van der Waals surface area contributed by atoms with Crippen LogP contribution in [0.5, 0.6) is 0 Å². The van der Waals surface area contributed by atoms with Gasteiger partial charge in [-0.1, -0.05) is 54.6 Å². The maximum Gasteiger partial charge on any atom is 0.326 e. The number of carboxylic acid groups (broad SMARTS) is 1. The summed E-state index contributed by atoms with van der Waals surface area (Å²) < 4.78 is 0. The third kappa shape index (κ3) is 2.32. The Bertz CT molecular complexity index is 839. The number of carbonyl (C=O) groups is 1. The zero-order valence-corrected chi connectivity index (χ0v) is 13.1. The molecule has 0 fully saturated rings.